The van der Waals surface area contributed by atoms with Gasteiger partial charge in [-0.25, -0.2) is 0 Å². The molecule has 0 saturated heterocycles. The van der Waals surface area contributed by atoms with Crippen LogP contribution in [0.4, 0.5) is 0 Å². The van der Waals surface area contributed by atoms with Crippen molar-refractivity contribution in [2.24, 2.45) is 0 Å². The molecule has 0 bridgehead atoms. The maximum absolute atomic E-state index is 10.7. The fraction of sp³-hybridized carbons (Fsp3) is 0.750. The lowest BCUT2D eigenvalue weighted by Crippen LogP contribution is -2.45. The molecule has 2 heterocycles. The first-order valence-corrected chi connectivity index (χ1v) is 13.3. The topological polar surface area (TPSA) is 146 Å². The molecular weight excluding hydrogens is 448 g/mol. The lowest BCUT2D eigenvalue weighted by molar-refractivity contribution is -0.0660. The average Bonchev–Trinajstić information content (AvgIpc) is 3.06. The van der Waals surface area contributed by atoms with Crippen molar-refractivity contribution < 1.29 is 44.9 Å². The Bertz CT molecular complexity index is 751. The molecule has 0 amide bonds. The van der Waals surface area contributed by atoms with Gasteiger partial charge in [0, 0.05) is 24.0 Å². The van der Waals surface area contributed by atoms with Crippen molar-refractivity contribution in [2.45, 2.75) is 37.9 Å². The van der Waals surface area contributed by atoms with Gasteiger partial charge in [-0.15, -0.1) is 11.3 Å². The molecule has 29 heavy (non-hydrogen) atoms. The summed E-state index contributed by atoms with van der Waals surface area (Å²) >= 11 is 1.44. The van der Waals surface area contributed by atoms with Crippen LogP contribution >= 0.6 is 11.3 Å². The number of thiophene rings is 1. The minimum Gasteiger partial charge on any atom is -0.479 e. The summed E-state index contributed by atoms with van der Waals surface area (Å²) in [7, 11) is -7.91. The van der Waals surface area contributed by atoms with Gasteiger partial charge in [0.2, 0.25) is 0 Å². The molecule has 0 aliphatic carbocycles. The SMILES string of the molecule is O=S(=O)(O)CCCCOCC1Oc2cscc2OC1COCCCCS(=O)(=O)O. The summed E-state index contributed by atoms with van der Waals surface area (Å²) in [5.41, 5.74) is 0. The molecule has 168 valence electrons. The van der Waals surface area contributed by atoms with Crippen molar-refractivity contribution in [2.75, 3.05) is 37.9 Å². The average molecular weight is 475 g/mol. The fourth-order valence-corrected chi connectivity index (χ4v) is 4.38. The number of rotatable bonds is 14. The Labute approximate surface area is 174 Å². The van der Waals surface area contributed by atoms with Crippen LogP contribution in [-0.2, 0) is 29.7 Å². The van der Waals surface area contributed by atoms with Crippen molar-refractivity contribution in [1.29, 1.82) is 0 Å². The second kappa shape index (κ2) is 11.4. The zero-order chi connectivity index (χ0) is 21.3. The summed E-state index contributed by atoms with van der Waals surface area (Å²) in [6.07, 6.45) is 0.711. The standard InChI is InChI=1S/C16H26O10S3/c17-28(18,19)7-3-1-5-23-9-13-14(26-16-12-27-11-15(16)25-13)10-24-6-2-4-8-29(20,21)22/h11-14H,1-10H2,(H,17,18,19)(H,20,21,22). The zero-order valence-corrected chi connectivity index (χ0v) is 18.2. The molecule has 2 unspecified atom stereocenters. The van der Waals surface area contributed by atoms with Gasteiger partial charge in [0.25, 0.3) is 20.2 Å². The number of fused-ring (bicyclic) bond motifs is 1. The number of unbranched alkanes of at least 4 members (excludes halogenated alkanes) is 2. The van der Waals surface area contributed by atoms with E-state index < -0.39 is 32.4 Å². The first-order chi connectivity index (χ1) is 13.6. The van der Waals surface area contributed by atoms with Crippen LogP contribution < -0.4 is 9.47 Å². The van der Waals surface area contributed by atoms with Gasteiger partial charge in [-0.05, 0) is 25.7 Å². The van der Waals surface area contributed by atoms with Crippen molar-refractivity contribution >= 4 is 31.6 Å². The van der Waals surface area contributed by atoms with Gasteiger partial charge in [-0.2, -0.15) is 16.8 Å². The second-order valence-electron chi connectivity index (χ2n) is 6.55. The van der Waals surface area contributed by atoms with E-state index in [9.17, 15) is 16.8 Å². The molecule has 0 aromatic carbocycles. The van der Waals surface area contributed by atoms with Gasteiger partial charge in [0.1, 0.15) is 0 Å². The lowest BCUT2D eigenvalue weighted by atomic mass is 10.2. The summed E-state index contributed by atoms with van der Waals surface area (Å²) in [4.78, 5) is 0. The Morgan fingerprint density at radius 1 is 0.793 bits per heavy atom. The molecule has 2 rings (SSSR count). The quantitative estimate of drug-likeness (QED) is 0.301. The third-order valence-electron chi connectivity index (χ3n) is 4.01. The fourth-order valence-electron chi connectivity index (χ4n) is 2.58. The summed E-state index contributed by atoms with van der Waals surface area (Å²) in [6, 6.07) is 0. The molecule has 0 radical (unpaired) electrons. The molecule has 2 N–H and O–H groups in total. The van der Waals surface area contributed by atoms with Gasteiger partial charge in [0.05, 0.1) is 24.7 Å². The van der Waals surface area contributed by atoms with Crippen LogP contribution in [0.15, 0.2) is 10.8 Å². The number of ether oxygens (including phenoxy) is 4. The van der Waals surface area contributed by atoms with E-state index >= 15 is 0 Å². The third kappa shape index (κ3) is 10.1. The number of hydrogen-bond donors (Lipinski definition) is 2. The van der Waals surface area contributed by atoms with Gasteiger partial charge in [-0.3, -0.25) is 9.11 Å². The van der Waals surface area contributed by atoms with E-state index in [0.717, 1.165) is 0 Å². The monoisotopic (exact) mass is 474 g/mol. The lowest BCUT2D eigenvalue weighted by Gasteiger charge is -2.32. The van der Waals surface area contributed by atoms with Crippen LogP contribution in [0.5, 0.6) is 11.5 Å². The molecule has 0 fully saturated rings. The van der Waals surface area contributed by atoms with Gasteiger partial charge in [-0.1, -0.05) is 0 Å². The van der Waals surface area contributed by atoms with E-state index in [1.807, 2.05) is 10.8 Å². The maximum atomic E-state index is 10.7. The van der Waals surface area contributed by atoms with Gasteiger partial charge >= 0.3 is 0 Å². The predicted octanol–water partition coefficient (Wildman–Crippen LogP) is 1.63. The predicted molar refractivity (Wildman–Crippen MR) is 106 cm³/mol. The largest absolute Gasteiger partial charge is 0.479 e. The van der Waals surface area contributed by atoms with Gasteiger partial charge < -0.3 is 18.9 Å². The summed E-state index contributed by atoms with van der Waals surface area (Å²) in [5.74, 6) is 0.649. The third-order valence-corrected chi connectivity index (χ3v) is 6.32. The second-order valence-corrected chi connectivity index (χ2v) is 10.4. The molecule has 0 spiro atoms. The Balaban J connectivity index is 1.72. The van der Waals surface area contributed by atoms with Crippen molar-refractivity contribution in [3.63, 3.8) is 0 Å². The van der Waals surface area contributed by atoms with Crippen LogP contribution in [0.1, 0.15) is 25.7 Å². The van der Waals surface area contributed by atoms with E-state index in [1.165, 1.54) is 11.3 Å². The highest BCUT2D eigenvalue weighted by Gasteiger charge is 2.32. The first-order valence-electron chi connectivity index (χ1n) is 9.09. The highest BCUT2D eigenvalue weighted by molar-refractivity contribution is 7.86. The molecule has 2 atom stereocenters. The Kier molecular flexibility index (Phi) is 9.59. The van der Waals surface area contributed by atoms with Crippen LogP contribution in [0.3, 0.4) is 0 Å². The highest BCUT2D eigenvalue weighted by Crippen LogP contribution is 2.37. The molecule has 10 nitrogen and oxygen atoms in total. The van der Waals surface area contributed by atoms with Crippen LogP contribution in [0.2, 0.25) is 0 Å². The summed E-state index contributed by atoms with van der Waals surface area (Å²) in [6.45, 7) is 1.07. The van der Waals surface area contributed by atoms with E-state index in [2.05, 4.69) is 0 Å². The van der Waals surface area contributed by atoms with Crippen molar-refractivity contribution in [3.05, 3.63) is 10.8 Å². The molecular formula is C16H26O10S3. The Morgan fingerprint density at radius 2 is 1.21 bits per heavy atom. The van der Waals surface area contributed by atoms with E-state index in [0.29, 0.717) is 50.4 Å². The van der Waals surface area contributed by atoms with E-state index in [1.54, 1.807) is 0 Å². The summed E-state index contributed by atoms with van der Waals surface area (Å²) < 4.78 is 83.1. The van der Waals surface area contributed by atoms with Crippen molar-refractivity contribution in [3.8, 4) is 11.5 Å². The van der Waals surface area contributed by atoms with E-state index in [4.69, 9.17) is 28.1 Å². The highest BCUT2D eigenvalue weighted by atomic mass is 32.2. The minimum absolute atomic E-state index is 0.220. The van der Waals surface area contributed by atoms with E-state index in [-0.39, 0.29) is 24.7 Å². The maximum Gasteiger partial charge on any atom is 0.264 e. The normalized spacial score (nSPS) is 19.4. The first kappa shape index (κ1) is 24.3. The molecule has 0 saturated carbocycles. The Hall–Kier alpha value is -0.960. The molecule has 1 aliphatic rings. The van der Waals surface area contributed by atoms with Crippen LogP contribution in [0, 0.1) is 0 Å². The zero-order valence-electron chi connectivity index (χ0n) is 15.8. The number of hydrogen-bond acceptors (Lipinski definition) is 9. The molecule has 13 heteroatoms. The van der Waals surface area contributed by atoms with Gasteiger partial charge in [0.15, 0.2) is 23.7 Å². The molecule has 1 aromatic heterocycles. The van der Waals surface area contributed by atoms with Crippen LogP contribution in [0.25, 0.3) is 0 Å². The molecule has 1 aromatic rings. The summed E-state index contributed by atoms with van der Waals surface area (Å²) in [5, 5.41) is 3.64. The molecule has 1 aliphatic heterocycles. The van der Waals surface area contributed by atoms with Crippen molar-refractivity contribution in [1.82, 2.24) is 0 Å². The Morgan fingerprint density at radius 3 is 1.59 bits per heavy atom. The smallest absolute Gasteiger partial charge is 0.264 e. The van der Waals surface area contributed by atoms with Crippen LogP contribution in [-0.4, -0.2) is 76.1 Å². The minimum atomic E-state index is -3.96.